The summed E-state index contributed by atoms with van der Waals surface area (Å²) >= 11 is 0. The van der Waals surface area contributed by atoms with E-state index in [2.05, 4.69) is 17.9 Å². The molecule has 2 N–H and O–H groups in total. The number of carboxylic acid groups (broad SMARTS) is 1. The van der Waals surface area contributed by atoms with Gasteiger partial charge in [0.15, 0.2) is 5.76 Å². The summed E-state index contributed by atoms with van der Waals surface area (Å²) in [6, 6.07) is 0. The van der Waals surface area contributed by atoms with Gasteiger partial charge in [-0.05, 0) is 25.0 Å². The highest BCUT2D eigenvalue weighted by Gasteiger charge is 1.91. The summed E-state index contributed by atoms with van der Waals surface area (Å²) in [5.41, 5.74) is 0. The standard InChI is InChI=1S/C20H32O4/c1-2-3-4-5-6-7-8-9-10-11-12-13-14-16-19(24-23)17-15-18-20(21)22/h12-18,23H,2-11H2,1H3,(H,21,22)/b13-12+,16-14+,18-15+,19-17+. The summed E-state index contributed by atoms with van der Waals surface area (Å²) in [7, 11) is 0. The van der Waals surface area contributed by atoms with Gasteiger partial charge in [-0.15, -0.1) is 0 Å². The molecule has 0 spiro atoms. The molecule has 0 saturated carbocycles. The lowest BCUT2D eigenvalue weighted by Crippen LogP contribution is -1.85. The molecule has 0 unspecified atom stereocenters. The van der Waals surface area contributed by atoms with Crippen LogP contribution in [0, 0.1) is 0 Å². The lowest BCUT2D eigenvalue weighted by Gasteiger charge is -2.00. The number of unbranched alkanes of at least 4 members (excludes halogenated alkanes) is 9. The molecule has 0 amide bonds. The van der Waals surface area contributed by atoms with Crippen LogP contribution in [0.15, 0.2) is 48.3 Å². The molecule has 0 radical (unpaired) electrons. The van der Waals surface area contributed by atoms with Crippen LogP contribution in [0.5, 0.6) is 0 Å². The van der Waals surface area contributed by atoms with Crippen molar-refractivity contribution in [1.29, 1.82) is 0 Å². The molecule has 0 aromatic heterocycles. The monoisotopic (exact) mass is 336 g/mol. The first-order valence-electron chi connectivity index (χ1n) is 8.96. The van der Waals surface area contributed by atoms with Crippen molar-refractivity contribution < 1.29 is 20.0 Å². The van der Waals surface area contributed by atoms with Crippen LogP contribution in [0.2, 0.25) is 0 Å². The van der Waals surface area contributed by atoms with Crippen molar-refractivity contribution in [3.63, 3.8) is 0 Å². The first kappa shape index (κ1) is 22.2. The minimum absolute atomic E-state index is 0.181. The molecule has 0 heterocycles. The van der Waals surface area contributed by atoms with Crippen LogP contribution in [-0.2, 0) is 9.68 Å². The Labute approximate surface area is 146 Å². The molecule has 4 heteroatoms. The Morgan fingerprint density at radius 1 is 0.875 bits per heavy atom. The summed E-state index contributed by atoms with van der Waals surface area (Å²) < 4.78 is 0. The second kappa shape index (κ2) is 17.5. The predicted molar refractivity (Wildman–Crippen MR) is 98.7 cm³/mol. The van der Waals surface area contributed by atoms with E-state index >= 15 is 0 Å². The maximum Gasteiger partial charge on any atom is 0.328 e. The summed E-state index contributed by atoms with van der Waals surface area (Å²) in [5.74, 6) is -0.867. The van der Waals surface area contributed by atoms with E-state index in [-0.39, 0.29) is 5.76 Å². The van der Waals surface area contributed by atoms with E-state index in [1.165, 1.54) is 69.9 Å². The van der Waals surface area contributed by atoms with E-state index in [1.807, 2.05) is 6.08 Å². The maximum atomic E-state index is 10.3. The van der Waals surface area contributed by atoms with E-state index in [1.54, 1.807) is 12.2 Å². The fourth-order valence-corrected chi connectivity index (χ4v) is 2.24. The van der Waals surface area contributed by atoms with Crippen LogP contribution >= 0.6 is 0 Å². The number of carboxylic acids is 1. The molecule has 0 aliphatic rings. The van der Waals surface area contributed by atoms with Gasteiger partial charge in [-0.1, -0.05) is 82.6 Å². The molecule has 136 valence electrons. The van der Waals surface area contributed by atoms with Crippen LogP contribution < -0.4 is 0 Å². The highest BCUT2D eigenvalue weighted by molar-refractivity contribution is 5.80. The van der Waals surface area contributed by atoms with E-state index < -0.39 is 5.97 Å². The third kappa shape index (κ3) is 16.6. The highest BCUT2D eigenvalue weighted by atomic mass is 17.1. The average molecular weight is 336 g/mol. The predicted octanol–water partition coefficient (Wildman–Crippen LogP) is 6.03. The van der Waals surface area contributed by atoms with Crippen molar-refractivity contribution in [1.82, 2.24) is 0 Å². The molecule has 0 saturated heterocycles. The summed E-state index contributed by atoms with van der Waals surface area (Å²) in [6.45, 7) is 2.24. The molecule has 0 rings (SSSR count). The zero-order valence-corrected chi connectivity index (χ0v) is 14.8. The Kier molecular flexibility index (Phi) is 16.2. The van der Waals surface area contributed by atoms with Crippen LogP contribution in [0.25, 0.3) is 0 Å². The Bertz CT molecular complexity index is 419. The average Bonchev–Trinajstić information content (AvgIpc) is 2.57. The van der Waals surface area contributed by atoms with Crippen LogP contribution in [-0.4, -0.2) is 16.3 Å². The molecular weight excluding hydrogens is 304 g/mol. The zero-order chi connectivity index (χ0) is 17.9. The van der Waals surface area contributed by atoms with Crippen molar-refractivity contribution in [3.8, 4) is 0 Å². The largest absolute Gasteiger partial charge is 0.478 e. The number of carbonyl (C=O) groups is 1. The second-order valence-corrected chi connectivity index (χ2v) is 5.76. The van der Waals surface area contributed by atoms with Gasteiger partial charge in [0, 0.05) is 6.08 Å². The molecule has 0 aromatic carbocycles. The van der Waals surface area contributed by atoms with Crippen molar-refractivity contribution >= 4 is 5.97 Å². The number of rotatable bonds is 15. The van der Waals surface area contributed by atoms with Gasteiger partial charge in [0.1, 0.15) is 0 Å². The van der Waals surface area contributed by atoms with Crippen LogP contribution in [0.3, 0.4) is 0 Å². The molecular formula is C20H32O4. The van der Waals surface area contributed by atoms with Gasteiger partial charge in [0.25, 0.3) is 0 Å². The van der Waals surface area contributed by atoms with Gasteiger partial charge in [0.05, 0.1) is 0 Å². The van der Waals surface area contributed by atoms with Crippen molar-refractivity contribution in [2.24, 2.45) is 0 Å². The maximum absolute atomic E-state index is 10.3. The van der Waals surface area contributed by atoms with Crippen molar-refractivity contribution in [2.45, 2.75) is 71.1 Å². The highest BCUT2D eigenvalue weighted by Crippen LogP contribution is 2.10. The smallest absolute Gasteiger partial charge is 0.328 e. The van der Waals surface area contributed by atoms with Crippen molar-refractivity contribution in [2.75, 3.05) is 0 Å². The Morgan fingerprint density at radius 3 is 2.08 bits per heavy atom. The summed E-state index contributed by atoms with van der Waals surface area (Å²) in [6.07, 6.45) is 23.9. The second-order valence-electron chi connectivity index (χ2n) is 5.76. The molecule has 0 aromatic rings. The fourth-order valence-electron chi connectivity index (χ4n) is 2.24. The van der Waals surface area contributed by atoms with Crippen LogP contribution in [0.4, 0.5) is 0 Å². The third-order valence-corrected chi connectivity index (χ3v) is 3.59. The molecule has 0 aliphatic carbocycles. The molecule has 0 bridgehead atoms. The van der Waals surface area contributed by atoms with Gasteiger partial charge in [-0.2, -0.15) is 0 Å². The topological polar surface area (TPSA) is 66.8 Å². The van der Waals surface area contributed by atoms with Crippen molar-refractivity contribution in [3.05, 3.63) is 48.3 Å². The lowest BCUT2D eigenvalue weighted by molar-refractivity contribution is -0.198. The lowest BCUT2D eigenvalue weighted by atomic mass is 10.1. The minimum atomic E-state index is -1.05. The first-order valence-corrected chi connectivity index (χ1v) is 8.96. The zero-order valence-electron chi connectivity index (χ0n) is 14.8. The normalized spacial score (nSPS) is 12.7. The van der Waals surface area contributed by atoms with E-state index in [4.69, 9.17) is 10.4 Å². The molecule has 0 atom stereocenters. The Morgan fingerprint density at radius 2 is 1.50 bits per heavy atom. The fraction of sp³-hybridized carbons (Fsp3) is 0.550. The van der Waals surface area contributed by atoms with Gasteiger partial charge in [0.2, 0.25) is 0 Å². The molecule has 0 fully saturated rings. The van der Waals surface area contributed by atoms with Gasteiger partial charge in [-0.25, -0.2) is 10.1 Å². The van der Waals surface area contributed by atoms with E-state index in [9.17, 15) is 4.79 Å². The van der Waals surface area contributed by atoms with Gasteiger partial charge in [-0.3, -0.25) is 0 Å². The third-order valence-electron chi connectivity index (χ3n) is 3.59. The van der Waals surface area contributed by atoms with Crippen LogP contribution in [0.1, 0.15) is 71.1 Å². The Balaban J connectivity index is 3.67. The van der Waals surface area contributed by atoms with Gasteiger partial charge >= 0.3 is 5.97 Å². The first-order chi connectivity index (χ1) is 11.7. The number of hydrogen-bond donors (Lipinski definition) is 2. The molecule has 0 aliphatic heterocycles. The summed E-state index contributed by atoms with van der Waals surface area (Å²) in [4.78, 5) is 14.4. The SMILES string of the molecule is CCCCCCCCCCC/C=C/C=C/C(=C\C=C\C(=O)O)OO. The van der Waals surface area contributed by atoms with Gasteiger partial charge < -0.3 is 9.99 Å². The quantitative estimate of drug-likeness (QED) is 0.0956. The minimum Gasteiger partial charge on any atom is -0.478 e. The molecule has 24 heavy (non-hydrogen) atoms. The number of hydrogen-bond acceptors (Lipinski definition) is 3. The number of allylic oxidation sites excluding steroid dienone is 6. The van der Waals surface area contributed by atoms with E-state index in [0.29, 0.717) is 0 Å². The molecule has 4 nitrogen and oxygen atoms in total. The van der Waals surface area contributed by atoms with E-state index in [0.717, 1.165) is 12.5 Å². The number of aliphatic carboxylic acids is 1. The summed E-state index contributed by atoms with van der Waals surface area (Å²) in [5, 5.41) is 17.1. The Hall–Kier alpha value is -1.81.